The third kappa shape index (κ3) is 2.99. The first-order valence-corrected chi connectivity index (χ1v) is 8.08. The molecule has 21 heavy (non-hydrogen) atoms. The molecule has 3 aromatic rings. The number of para-hydroxylation sites is 1. The molecular weight excluding hydrogens is 276 g/mol. The first kappa shape index (κ1) is 14.2. The van der Waals surface area contributed by atoms with Gasteiger partial charge in [0, 0.05) is 12.5 Å². The molecule has 0 radical (unpaired) electrons. The molecule has 1 aromatic heterocycles. The molecule has 2 aromatic carbocycles. The number of aryl methyl sites for hydroxylation is 2. The maximum atomic E-state index is 4.76. The summed E-state index contributed by atoms with van der Waals surface area (Å²) >= 11 is 1.79. The van der Waals surface area contributed by atoms with E-state index < -0.39 is 0 Å². The molecular formula is C18H20N2S. The lowest BCUT2D eigenvalue weighted by atomic mass is 9.97. The van der Waals surface area contributed by atoms with Crippen molar-refractivity contribution in [1.82, 2.24) is 10.3 Å². The summed E-state index contributed by atoms with van der Waals surface area (Å²) in [5, 5.41) is 4.64. The average molecular weight is 296 g/mol. The van der Waals surface area contributed by atoms with Crippen LogP contribution < -0.4 is 5.32 Å². The van der Waals surface area contributed by atoms with Crippen molar-refractivity contribution in [2.75, 3.05) is 7.05 Å². The Hall–Kier alpha value is -1.71. The van der Waals surface area contributed by atoms with E-state index in [1.807, 2.05) is 13.1 Å². The predicted octanol–water partition coefficient (Wildman–Crippen LogP) is 4.42. The van der Waals surface area contributed by atoms with Gasteiger partial charge in [-0.3, -0.25) is 0 Å². The van der Waals surface area contributed by atoms with Gasteiger partial charge in [0.15, 0.2) is 0 Å². The van der Waals surface area contributed by atoms with Gasteiger partial charge in [-0.15, -0.1) is 11.3 Å². The van der Waals surface area contributed by atoms with Crippen molar-refractivity contribution >= 4 is 21.6 Å². The van der Waals surface area contributed by atoms with Gasteiger partial charge in [-0.05, 0) is 44.2 Å². The first-order chi connectivity index (χ1) is 10.2. The molecule has 0 saturated carbocycles. The van der Waals surface area contributed by atoms with Gasteiger partial charge in [0.2, 0.25) is 0 Å². The number of thiazole rings is 1. The highest BCUT2D eigenvalue weighted by Gasteiger charge is 2.15. The van der Waals surface area contributed by atoms with Crippen LogP contribution in [0.2, 0.25) is 0 Å². The Morgan fingerprint density at radius 2 is 1.95 bits per heavy atom. The third-order valence-electron chi connectivity index (χ3n) is 3.88. The Labute approximate surface area is 129 Å². The van der Waals surface area contributed by atoms with Crippen LogP contribution in [0.25, 0.3) is 10.2 Å². The molecule has 0 bridgehead atoms. The minimum atomic E-state index is 0.311. The predicted molar refractivity (Wildman–Crippen MR) is 91.0 cm³/mol. The molecule has 0 aliphatic carbocycles. The summed E-state index contributed by atoms with van der Waals surface area (Å²) in [6.45, 7) is 4.32. The average Bonchev–Trinajstić information content (AvgIpc) is 2.90. The largest absolute Gasteiger partial charge is 0.313 e. The first-order valence-electron chi connectivity index (χ1n) is 7.26. The maximum absolute atomic E-state index is 4.76. The zero-order chi connectivity index (χ0) is 14.8. The number of hydrogen-bond donors (Lipinski definition) is 1. The lowest BCUT2D eigenvalue weighted by Crippen LogP contribution is -2.19. The van der Waals surface area contributed by atoms with Crippen LogP contribution in [0, 0.1) is 13.8 Å². The fraction of sp³-hybridized carbons (Fsp3) is 0.278. The summed E-state index contributed by atoms with van der Waals surface area (Å²) in [6, 6.07) is 15.3. The number of nitrogens with zero attached hydrogens (tertiary/aromatic N) is 1. The molecule has 1 N–H and O–H groups in total. The van der Waals surface area contributed by atoms with Gasteiger partial charge in [-0.25, -0.2) is 4.98 Å². The summed E-state index contributed by atoms with van der Waals surface area (Å²) in [5.41, 5.74) is 5.12. The molecule has 0 amide bonds. The van der Waals surface area contributed by atoms with Gasteiger partial charge < -0.3 is 5.32 Å². The number of nitrogens with one attached hydrogen (secondary N) is 1. The quantitative estimate of drug-likeness (QED) is 0.771. The van der Waals surface area contributed by atoms with E-state index in [9.17, 15) is 0 Å². The molecule has 2 nitrogen and oxygen atoms in total. The number of benzene rings is 2. The lowest BCUT2D eigenvalue weighted by molar-refractivity contribution is 0.587. The third-order valence-corrected chi connectivity index (χ3v) is 4.93. The highest BCUT2D eigenvalue weighted by molar-refractivity contribution is 7.18. The van der Waals surface area contributed by atoms with Gasteiger partial charge in [0.1, 0.15) is 0 Å². The summed E-state index contributed by atoms with van der Waals surface area (Å²) in [7, 11) is 2.03. The van der Waals surface area contributed by atoms with E-state index in [1.54, 1.807) is 11.3 Å². The molecule has 0 spiro atoms. The highest BCUT2D eigenvalue weighted by Crippen LogP contribution is 2.27. The van der Waals surface area contributed by atoms with Crippen molar-refractivity contribution in [2.24, 2.45) is 0 Å². The minimum Gasteiger partial charge on any atom is -0.313 e. The lowest BCUT2D eigenvalue weighted by Gasteiger charge is -2.18. The molecule has 0 saturated heterocycles. The van der Waals surface area contributed by atoms with Gasteiger partial charge in [0.25, 0.3) is 0 Å². The molecule has 3 rings (SSSR count). The zero-order valence-corrected chi connectivity index (χ0v) is 13.5. The number of fused-ring (bicyclic) bond motifs is 1. The van der Waals surface area contributed by atoms with E-state index in [0.29, 0.717) is 6.04 Å². The molecule has 0 aliphatic heterocycles. The van der Waals surface area contributed by atoms with Gasteiger partial charge in [-0.2, -0.15) is 0 Å². The summed E-state index contributed by atoms with van der Waals surface area (Å²) in [5.74, 6) is 0. The smallest absolute Gasteiger partial charge is 0.0957 e. The molecule has 1 unspecified atom stereocenters. The van der Waals surface area contributed by atoms with E-state index in [0.717, 1.165) is 11.9 Å². The van der Waals surface area contributed by atoms with E-state index in [-0.39, 0.29) is 0 Å². The monoisotopic (exact) mass is 296 g/mol. The summed E-state index contributed by atoms with van der Waals surface area (Å²) in [4.78, 5) is 4.76. The Morgan fingerprint density at radius 3 is 2.71 bits per heavy atom. The molecule has 1 heterocycles. The van der Waals surface area contributed by atoms with Crippen molar-refractivity contribution in [3.8, 4) is 0 Å². The second kappa shape index (κ2) is 5.96. The molecule has 0 aliphatic rings. The number of hydrogen-bond acceptors (Lipinski definition) is 3. The summed E-state index contributed by atoms with van der Waals surface area (Å²) in [6.07, 6.45) is 0.931. The Balaban J connectivity index is 1.91. The fourth-order valence-corrected chi connectivity index (χ4v) is 3.70. The van der Waals surface area contributed by atoms with Crippen LogP contribution in [0.1, 0.15) is 27.7 Å². The van der Waals surface area contributed by atoms with Crippen LogP contribution in [0.3, 0.4) is 0 Å². The zero-order valence-electron chi connectivity index (χ0n) is 12.7. The topological polar surface area (TPSA) is 24.9 Å². The Bertz CT molecular complexity index is 728. The second-order valence-electron chi connectivity index (χ2n) is 5.48. The molecule has 1 atom stereocenters. The SMILES string of the molecule is CNC(Cc1nc2ccccc2s1)c1cc(C)ccc1C. The Morgan fingerprint density at radius 1 is 1.14 bits per heavy atom. The van der Waals surface area contributed by atoms with Gasteiger partial charge >= 0.3 is 0 Å². The van der Waals surface area contributed by atoms with Crippen LogP contribution in [-0.2, 0) is 6.42 Å². The number of aromatic nitrogens is 1. The van der Waals surface area contributed by atoms with Crippen molar-refractivity contribution < 1.29 is 0 Å². The fourth-order valence-electron chi connectivity index (χ4n) is 2.68. The highest BCUT2D eigenvalue weighted by atomic mass is 32.1. The molecule has 0 fully saturated rings. The second-order valence-corrected chi connectivity index (χ2v) is 6.60. The van der Waals surface area contributed by atoms with Crippen molar-refractivity contribution in [3.05, 3.63) is 64.2 Å². The van der Waals surface area contributed by atoms with Gasteiger partial charge in [0.05, 0.1) is 15.2 Å². The maximum Gasteiger partial charge on any atom is 0.0957 e. The van der Waals surface area contributed by atoms with Crippen molar-refractivity contribution in [3.63, 3.8) is 0 Å². The Kier molecular flexibility index (Phi) is 4.04. The van der Waals surface area contributed by atoms with Crippen LogP contribution in [0.15, 0.2) is 42.5 Å². The van der Waals surface area contributed by atoms with Crippen molar-refractivity contribution in [1.29, 1.82) is 0 Å². The van der Waals surface area contributed by atoms with Gasteiger partial charge in [-0.1, -0.05) is 35.9 Å². The van der Waals surface area contributed by atoms with Crippen molar-refractivity contribution in [2.45, 2.75) is 26.3 Å². The molecule has 3 heteroatoms. The van der Waals surface area contributed by atoms with E-state index in [4.69, 9.17) is 4.98 Å². The standard InChI is InChI=1S/C18H20N2S/c1-12-8-9-13(2)14(10-12)16(19-3)11-18-20-15-6-4-5-7-17(15)21-18/h4-10,16,19H,11H2,1-3H3. The molecule has 108 valence electrons. The summed E-state index contributed by atoms with van der Waals surface area (Å²) < 4.78 is 1.27. The normalized spacial score (nSPS) is 12.7. The minimum absolute atomic E-state index is 0.311. The van der Waals surface area contributed by atoms with Crippen LogP contribution in [0.4, 0.5) is 0 Å². The van der Waals surface area contributed by atoms with Crippen LogP contribution in [0.5, 0.6) is 0 Å². The van der Waals surface area contributed by atoms with E-state index >= 15 is 0 Å². The van der Waals surface area contributed by atoms with E-state index in [2.05, 4.69) is 55.6 Å². The van der Waals surface area contributed by atoms with Crippen LogP contribution in [-0.4, -0.2) is 12.0 Å². The number of rotatable bonds is 4. The van der Waals surface area contributed by atoms with Crippen LogP contribution >= 0.6 is 11.3 Å². The number of likely N-dealkylation sites (N-methyl/N-ethyl adjacent to an activating group) is 1. The van der Waals surface area contributed by atoms with E-state index in [1.165, 1.54) is 26.4 Å².